The first-order valence-corrected chi connectivity index (χ1v) is 25.9. The number of benzene rings is 2. The lowest BCUT2D eigenvalue weighted by molar-refractivity contribution is 0.249. The molecule has 2 heterocycles. The summed E-state index contributed by atoms with van der Waals surface area (Å²) in [4.78, 5) is 10.8. The lowest BCUT2D eigenvalue weighted by atomic mass is 9.78. The number of nitrogens with zero attached hydrogens (tertiary/aromatic N) is 4. The van der Waals surface area contributed by atoms with E-state index >= 15 is 0 Å². The molecule has 0 amide bonds. The lowest BCUT2D eigenvalue weighted by Crippen LogP contribution is -2.46. The first-order chi connectivity index (χ1) is 33.3. The van der Waals surface area contributed by atoms with Crippen LogP contribution in [0, 0.1) is 36.5 Å². The monoisotopic (exact) mass is 893 g/mol. The van der Waals surface area contributed by atoms with Crippen LogP contribution >= 0.6 is 0 Å². The Kier molecular flexibility index (Phi) is 11.2. The summed E-state index contributed by atoms with van der Waals surface area (Å²) < 4.78 is 0. The molecular weight excluding hydrogens is 825 g/mol. The number of anilines is 2. The van der Waals surface area contributed by atoms with Gasteiger partial charge in [0.25, 0.3) is 0 Å². The zero-order chi connectivity index (χ0) is 45.9. The third-order valence-corrected chi connectivity index (χ3v) is 17.1. The molecular formula is C64H68N4. The highest BCUT2D eigenvalue weighted by Gasteiger charge is 2.48. The van der Waals surface area contributed by atoms with E-state index in [4.69, 9.17) is 0 Å². The van der Waals surface area contributed by atoms with Gasteiger partial charge in [-0.25, -0.2) is 0 Å². The zero-order valence-corrected chi connectivity index (χ0v) is 40.5. The van der Waals surface area contributed by atoms with Crippen molar-refractivity contribution < 1.29 is 0 Å². The van der Waals surface area contributed by atoms with Gasteiger partial charge in [0.15, 0.2) is 0 Å². The largest absolute Gasteiger partial charge is 0.360 e. The van der Waals surface area contributed by atoms with Crippen LogP contribution in [0.25, 0.3) is 0 Å². The van der Waals surface area contributed by atoms with Crippen molar-refractivity contribution >= 4 is 11.4 Å². The number of para-hydroxylation sites is 1. The Balaban J connectivity index is 0.804. The highest BCUT2D eigenvalue weighted by Crippen LogP contribution is 2.50. The van der Waals surface area contributed by atoms with E-state index in [0.717, 1.165) is 38.5 Å². The van der Waals surface area contributed by atoms with Gasteiger partial charge in [-0.3, -0.25) is 0 Å². The summed E-state index contributed by atoms with van der Waals surface area (Å²) in [5, 5.41) is 0. The van der Waals surface area contributed by atoms with Crippen LogP contribution in [0.1, 0.15) is 71.3 Å². The molecule has 4 heteroatoms. The van der Waals surface area contributed by atoms with Gasteiger partial charge in [0.05, 0.1) is 35.7 Å². The van der Waals surface area contributed by atoms with Crippen molar-refractivity contribution in [1.82, 2.24) is 9.80 Å². The molecule has 0 N–H and O–H groups in total. The Morgan fingerprint density at radius 2 is 1.49 bits per heavy atom. The van der Waals surface area contributed by atoms with Gasteiger partial charge in [-0.2, -0.15) is 0 Å². The van der Waals surface area contributed by atoms with Crippen LogP contribution < -0.4 is 9.80 Å². The summed E-state index contributed by atoms with van der Waals surface area (Å²) in [5.41, 5.74) is 13.8. The second-order valence-corrected chi connectivity index (χ2v) is 21.4. The summed E-state index contributed by atoms with van der Waals surface area (Å²) in [6.45, 7) is 9.29. The van der Waals surface area contributed by atoms with Crippen LogP contribution in [0.5, 0.6) is 0 Å². The van der Waals surface area contributed by atoms with Crippen molar-refractivity contribution in [2.45, 2.75) is 108 Å². The van der Waals surface area contributed by atoms with Gasteiger partial charge in [-0.05, 0) is 131 Å². The lowest BCUT2D eigenvalue weighted by Gasteiger charge is -2.45. The van der Waals surface area contributed by atoms with E-state index in [1.54, 1.807) is 5.57 Å². The highest BCUT2D eigenvalue weighted by atomic mass is 15.3. The van der Waals surface area contributed by atoms with E-state index in [1.807, 2.05) is 0 Å². The van der Waals surface area contributed by atoms with Crippen molar-refractivity contribution in [3.8, 4) is 0 Å². The second-order valence-electron chi connectivity index (χ2n) is 21.4. The SMILES string of the molecule is CC1=CCC(N(C2=CCC3C(=C2)C2C=CC=CC2N3C2=CC=CCC2C)C2=CCC(C3=CCC(C)(N(C4=CC5C6C=CC=CC6N(c6ccccc6)C5C=C4)c4ccc(C)cc4)C=C3)CC2)C=C1. The van der Waals surface area contributed by atoms with Crippen LogP contribution in [-0.4, -0.2) is 45.5 Å². The van der Waals surface area contributed by atoms with Crippen molar-refractivity contribution in [1.29, 1.82) is 0 Å². The average molecular weight is 893 g/mol. The summed E-state index contributed by atoms with van der Waals surface area (Å²) in [6.07, 6.45) is 63.6. The van der Waals surface area contributed by atoms with Gasteiger partial charge in [-0.15, -0.1) is 0 Å². The molecule has 68 heavy (non-hydrogen) atoms. The minimum atomic E-state index is -0.216. The number of likely N-dealkylation sites (tertiary alicyclic amines) is 1. The third-order valence-electron chi connectivity index (χ3n) is 17.1. The molecule has 0 saturated carbocycles. The van der Waals surface area contributed by atoms with Crippen molar-refractivity contribution in [3.63, 3.8) is 0 Å². The van der Waals surface area contributed by atoms with Gasteiger partial charge in [0, 0.05) is 51.9 Å². The molecule has 11 atom stereocenters. The second kappa shape index (κ2) is 17.7. The summed E-state index contributed by atoms with van der Waals surface area (Å²) in [6, 6.07) is 22.0. The molecule has 2 aromatic rings. The third kappa shape index (κ3) is 7.60. The fraction of sp³-hybridized carbons (Fsp3) is 0.344. The van der Waals surface area contributed by atoms with Gasteiger partial charge in [0.1, 0.15) is 0 Å². The normalized spacial score (nSPS) is 33.9. The molecule has 0 aromatic heterocycles. The maximum Gasteiger partial charge on any atom is 0.0642 e. The van der Waals surface area contributed by atoms with Gasteiger partial charge >= 0.3 is 0 Å². The van der Waals surface area contributed by atoms with Crippen LogP contribution in [0.4, 0.5) is 11.4 Å². The fourth-order valence-electron chi connectivity index (χ4n) is 13.5. The van der Waals surface area contributed by atoms with E-state index < -0.39 is 0 Å². The topological polar surface area (TPSA) is 13.0 Å². The number of hydrogen-bond donors (Lipinski definition) is 0. The molecule has 2 aliphatic heterocycles. The summed E-state index contributed by atoms with van der Waals surface area (Å²) in [7, 11) is 0. The molecule has 10 aliphatic rings. The summed E-state index contributed by atoms with van der Waals surface area (Å²) in [5.74, 6) is 2.26. The van der Waals surface area contributed by atoms with Crippen molar-refractivity contribution in [2.75, 3.05) is 9.80 Å². The Bertz CT molecular complexity index is 2790. The molecule has 344 valence electrons. The molecule has 12 rings (SSSR count). The Hall–Kier alpha value is -6.26. The standard InChI is InChI=1S/C64H68N4/c1-44-22-28-50(29-23-44)65(53-34-36-63-57(42-53)56-18-10-13-21-61(56)67(63)59-19-11-8-14-46(59)3)51-32-26-47(27-33-51)48-38-40-64(4,41-39-48)68(52-30-24-45(2)25-31-52)54-35-37-62-58(43-54)55-17-9-12-20-60(55)66(62)49-15-6-5-7-16-49/h5-13,15-25,28,30-32,34-35,37-40,42-43,46-47,50,55-56,58,60-63H,14,26-27,29,33,36,41H2,1-4H3. The van der Waals surface area contributed by atoms with E-state index in [2.05, 4.69) is 242 Å². The molecule has 0 radical (unpaired) electrons. The Morgan fingerprint density at radius 1 is 0.676 bits per heavy atom. The predicted molar refractivity (Wildman–Crippen MR) is 284 cm³/mol. The minimum Gasteiger partial charge on any atom is -0.360 e. The van der Waals surface area contributed by atoms with E-state index in [-0.39, 0.29) is 5.54 Å². The molecule has 0 bridgehead atoms. The number of allylic oxidation sites excluding steroid dienone is 16. The summed E-state index contributed by atoms with van der Waals surface area (Å²) >= 11 is 0. The maximum atomic E-state index is 2.78. The Morgan fingerprint density at radius 3 is 2.25 bits per heavy atom. The molecule has 0 spiro atoms. The molecule has 8 aliphatic carbocycles. The van der Waals surface area contributed by atoms with Crippen molar-refractivity contribution in [2.24, 2.45) is 29.6 Å². The molecule has 4 nitrogen and oxygen atoms in total. The fourth-order valence-corrected chi connectivity index (χ4v) is 13.5. The van der Waals surface area contributed by atoms with Crippen LogP contribution in [0.3, 0.4) is 0 Å². The average Bonchev–Trinajstić information content (AvgIpc) is 3.88. The Labute approximate surface area is 406 Å². The smallest absolute Gasteiger partial charge is 0.0642 e. The predicted octanol–water partition coefficient (Wildman–Crippen LogP) is 14.3. The molecule has 2 saturated heterocycles. The molecule has 2 aromatic carbocycles. The first kappa shape index (κ1) is 43.0. The zero-order valence-electron chi connectivity index (χ0n) is 40.5. The quantitative estimate of drug-likeness (QED) is 0.249. The van der Waals surface area contributed by atoms with Gasteiger partial charge < -0.3 is 19.6 Å². The molecule has 11 unspecified atom stereocenters. The number of hydrogen-bond acceptors (Lipinski definition) is 4. The van der Waals surface area contributed by atoms with Gasteiger partial charge in [0.2, 0.25) is 0 Å². The highest BCUT2D eigenvalue weighted by molar-refractivity contribution is 5.64. The van der Waals surface area contributed by atoms with Crippen LogP contribution in [0.15, 0.2) is 234 Å². The van der Waals surface area contributed by atoms with E-state index in [1.165, 1.54) is 57.3 Å². The van der Waals surface area contributed by atoms with Gasteiger partial charge in [-0.1, -0.05) is 170 Å². The van der Waals surface area contributed by atoms with Crippen LogP contribution in [-0.2, 0) is 0 Å². The van der Waals surface area contributed by atoms with E-state index in [0.29, 0.717) is 59.8 Å². The number of aryl methyl sites for hydroxylation is 1. The number of fused-ring (bicyclic) bond motifs is 6. The van der Waals surface area contributed by atoms with Crippen molar-refractivity contribution in [3.05, 3.63) is 239 Å². The first-order valence-electron chi connectivity index (χ1n) is 25.9. The van der Waals surface area contributed by atoms with E-state index in [9.17, 15) is 0 Å². The van der Waals surface area contributed by atoms with Crippen LogP contribution in [0.2, 0.25) is 0 Å². The molecule has 2 fully saturated rings. The minimum absolute atomic E-state index is 0.216. The number of rotatable bonds is 9. The maximum absolute atomic E-state index is 2.78.